The van der Waals surface area contributed by atoms with E-state index < -0.39 is 35.5 Å². The number of hydrogen-bond acceptors (Lipinski definition) is 2. The van der Waals surface area contributed by atoms with Gasteiger partial charge in [0.25, 0.3) is 0 Å². The topological polar surface area (TPSA) is 26.3 Å². The minimum atomic E-state index is -6.95. The molecule has 0 unspecified atom stereocenters. The first kappa shape index (κ1) is 19.8. The third kappa shape index (κ3) is 3.37. The summed E-state index contributed by atoms with van der Waals surface area (Å²) < 4.78 is 117. The Hall–Kier alpha value is -1.16. The van der Waals surface area contributed by atoms with Crippen LogP contribution in [-0.2, 0) is 9.53 Å². The fourth-order valence-corrected chi connectivity index (χ4v) is 1.23. The van der Waals surface area contributed by atoms with Crippen molar-refractivity contribution in [3.05, 3.63) is 0 Å². The normalized spacial score (nSPS) is 15.0. The highest BCUT2D eigenvalue weighted by atomic mass is 19.4. The Morgan fingerprint density at radius 1 is 0.810 bits per heavy atom. The highest BCUT2D eigenvalue weighted by Crippen LogP contribution is 2.60. The van der Waals surface area contributed by atoms with Crippen LogP contribution >= 0.6 is 0 Å². The van der Waals surface area contributed by atoms with Crippen molar-refractivity contribution in [3.8, 4) is 0 Å². The number of hydrogen-bond donors (Lipinski definition) is 0. The van der Waals surface area contributed by atoms with Crippen LogP contribution in [0.3, 0.4) is 0 Å². The second kappa shape index (κ2) is 5.24. The Bertz CT molecular complexity index is 353. The van der Waals surface area contributed by atoms with E-state index in [4.69, 9.17) is 0 Å². The first-order valence-corrected chi connectivity index (χ1v) is 5.37. The monoisotopic (exact) mass is 334 g/mol. The van der Waals surface area contributed by atoms with Gasteiger partial charge in [-0.05, 0) is 20.3 Å². The van der Waals surface area contributed by atoms with Gasteiger partial charge in [-0.15, -0.1) is 0 Å². The van der Waals surface area contributed by atoms with Crippen molar-refractivity contribution in [2.24, 2.45) is 5.41 Å². The van der Waals surface area contributed by atoms with E-state index in [1.165, 1.54) is 6.92 Å². The average molecular weight is 334 g/mol. The molecular formula is C10H11F9O2. The molecule has 2 nitrogen and oxygen atoms in total. The number of carbonyl (C=O) groups excluding carboxylic acids is 1. The van der Waals surface area contributed by atoms with Crippen LogP contribution in [-0.4, -0.2) is 30.1 Å². The summed E-state index contributed by atoms with van der Waals surface area (Å²) in [7, 11) is 0. The maximum atomic E-state index is 12.6. The molecule has 0 saturated carbocycles. The Labute approximate surface area is 113 Å². The SMILES string of the molecule is CCC(C)(C)OC(=O)C(C(F)(F)F)(C(F)(F)F)C(F)(F)F. The first-order chi connectivity index (χ1) is 8.94. The smallest absolute Gasteiger partial charge is 0.422 e. The molecule has 0 aliphatic heterocycles. The summed E-state index contributed by atoms with van der Waals surface area (Å²) in [6.07, 6.45) is -21.2. The lowest BCUT2D eigenvalue weighted by Crippen LogP contribution is -2.65. The van der Waals surface area contributed by atoms with Gasteiger partial charge >= 0.3 is 29.9 Å². The van der Waals surface area contributed by atoms with E-state index >= 15 is 0 Å². The van der Waals surface area contributed by atoms with Crippen molar-refractivity contribution in [1.82, 2.24) is 0 Å². The summed E-state index contributed by atoms with van der Waals surface area (Å²) in [5.74, 6) is -3.44. The maximum Gasteiger partial charge on any atom is 0.422 e. The molecule has 21 heavy (non-hydrogen) atoms. The zero-order valence-electron chi connectivity index (χ0n) is 10.9. The van der Waals surface area contributed by atoms with Crippen molar-refractivity contribution in [2.75, 3.05) is 0 Å². The zero-order valence-corrected chi connectivity index (χ0v) is 10.9. The molecule has 0 heterocycles. The third-order valence-corrected chi connectivity index (χ3v) is 2.80. The zero-order chi connectivity index (χ0) is 17.5. The molecule has 0 aromatic heterocycles. The van der Waals surface area contributed by atoms with Crippen LogP contribution in [0.5, 0.6) is 0 Å². The molecule has 0 aromatic carbocycles. The van der Waals surface area contributed by atoms with E-state index in [1.807, 2.05) is 0 Å². The van der Waals surface area contributed by atoms with Crippen LogP contribution in [0.25, 0.3) is 0 Å². The van der Waals surface area contributed by atoms with Gasteiger partial charge in [0.2, 0.25) is 0 Å². The lowest BCUT2D eigenvalue weighted by molar-refractivity contribution is -0.413. The molecule has 0 fully saturated rings. The van der Waals surface area contributed by atoms with Crippen molar-refractivity contribution in [3.63, 3.8) is 0 Å². The molecule has 0 rings (SSSR count). The van der Waals surface area contributed by atoms with E-state index in [0.717, 1.165) is 13.8 Å². The summed E-state index contributed by atoms with van der Waals surface area (Å²) in [4.78, 5) is 11.2. The number of halogens is 9. The Morgan fingerprint density at radius 3 is 1.29 bits per heavy atom. The minimum absolute atomic E-state index is 0.289. The van der Waals surface area contributed by atoms with Gasteiger partial charge in [0.15, 0.2) is 0 Å². The average Bonchev–Trinajstić information content (AvgIpc) is 2.09. The van der Waals surface area contributed by atoms with E-state index in [0.29, 0.717) is 0 Å². The lowest BCUT2D eigenvalue weighted by atomic mass is 9.85. The molecule has 0 bridgehead atoms. The largest absolute Gasteiger partial charge is 0.458 e. The van der Waals surface area contributed by atoms with Gasteiger partial charge in [0.05, 0.1) is 0 Å². The van der Waals surface area contributed by atoms with Crippen LogP contribution in [0.15, 0.2) is 0 Å². The molecule has 0 saturated heterocycles. The Morgan fingerprint density at radius 2 is 1.10 bits per heavy atom. The number of carbonyl (C=O) groups is 1. The van der Waals surface area contributed by atoms with Crippen molar-refractivity contribution in [2.45, 2.75) is 51.3 Å². The Kier molecular flexibility index (Phi) is 4.95. The highest BCUT2D eigenvalue weighted by Gasteiger charge is 2.89. The quantitative estimate of drug-likeness (QED) is 0.565. The predicted octanol–water partition coefficient (Wildman–Crippen LogP) is 4.39. The van der Waals surface area contributed by atoms with Gasteiger partial charge in [-0.25, -0.2) is 0 Å². The van der Waals surface area contributed by atoms with Gasteiger partial charge in [-0.2, -0.15) is 39.5 Å². The third-order valence-electron chi connectivity index (χ3n) is 2.80. The minimum Gasteiger partial charge on any atom is -0.458 e. The second-order valence-electron chi connectivity index (χ2n) is 4.75. The van der Waals surface area contributed by atoms with Crippen LogP contribution in [0.4, 0.5) is 39.5 Å². The van der Waals surface area contributed by atoms with Crippen LogP contribution < -0.4 is 0 Å². The van der Waals surface area contributed by atoms with E-state index in [1.54, 1.807) is 0 Å². The molecule has 126 valence electrons. The van der Waals surface area contributed by atoms with Crippen molar-refractivity contribution >= 4 is 5.97 Å². The van der Waals surface area contributed by atoms with Gasteiger partial charge in [0, 0.05) is 0 Å². The molecule has 0 aromatic rings. The number of esters is 1. The fourth-order valence-electron chi connectivity index (χ4n) is 1.23. The number of alkyl halides is 9. The van der Waals surface area contributed by atoms with Crippen LogP contribution in [0.1, 0.15) is 27.2 Å². The van der Waals surface area contributed by atoms with Crippen molar-refractivity contribution < 1.29 is 49.0 Å². The van der Waals surface area contributed by atoms with E-state index in [-0.39, 0.29) is 6.42 Å². The summed E-state index contributed by atoms with van der Waals surface area (Å²) in [6.45, 7) is 2.99. The molecular weight excluding hydrogens is 323 g/mol. The number of rotatable bonds is 3. The predicted molar refractivity (Wildman–Crippen MR) is 51.1 cm³/mol. The van der Waals surface area contributed by atoms with Crippen molar-refractivity contribution in [1.29, 1.82) is 0 Å². The maximum absolute atomic E-state index is 12.6. The number of ether oxygens (including phenoxy) is 1. The van der Waals surface area contributed by atoms with E-state index in [2.05, 4.69) is 4.74 Å². The summed E-state index contributed by atoms with van der Waals surface area (Å²) in [5.41, 5.74) is -8.51. The lowest BCUT2D eigenvalue weighted by Gasteiger charge is -2.38. The molecule has 0 N–H and O–H groups in total. The molecule has 0 radical (unpaired) electrons. The fraction of sp³-hybridized carbons (Fsp3) is 0.900. The van der Waals surface area contributed by atoms with Gasteiger partial charge in [0.1, 0.15) is 5.60 Å². The summed E-state index contributed by atoms with van der Waals surface area (Å²) in [5, 5.41) is 0. The summed E-state index contributed by atoms with van der Waals surface area (Å²) >= 11 is 0. The molecule has 11 heteroatoms. The van der Waals surface area contributed by atoms with E-state index in [9.17, 15) is 44.3 Å². The second-order valence-corrected chi connectivity index (χ2v) is 4.75. The molecule has 0 aliphatic carbocycles. The van der Waals surface area contributed by atoms with Crippen LogP contribution in [0.2, 0.25) is 0 Å². The molecule has 0 spiro atoms. The van der Waals surface area contributed by atoms with Crippen LogP contribution in [0, 0.1) is 5.41 Å². The highest BCUT2D eigenvalue weighted by molar-refractivity contribution is 5.80. The van der Waals surface area contributed by atoms with Gasteiger partial charge < -0.3 is 4.74 Å². The van der Waals surface area contributed by atoms with Gasteiger partial charge in [-0.1, -0.05) is 6.92 Å². The molecule has 0 amide bonds. The summed E-state index contributed by atoms with van der Waals surface area (Å²) in [6, 6.07) is 0. The molecule has 0 atom stereocenters. The first-order valence-electron chi connectivity index (χ1n) is 5.37. The Balaban J connectivity index is 6.26. The standard InChI is InChI=1S/C10H11F9O2/c1-4-6(2,3)21-5(20)7(8(11,12)13,9(14,15)16)10(17,18)19/h4H2,1-3H3. The molecule has 0 aliphatic rings. The van der Waals surface area contributed by atoms with Gasteiger partial charge in [-0.3, -0.25) is 4.79 Å².